The summed E-state index contributed by atoms with van der Waals surface area (Å²) in [5.74, 6) is -0.143. The van der Waals surface area contributed by atoms with Crippen molar-refractivity contribution in [3.63, 3.8) is 0 Å². The number of carbonyl (C=O) groups is 1. The number of nitrogens with zero attached hydrogens (tertiary/aromatic N) is 2. The zero-order valence-corrected chi connectivity index (χ0v) is 19.2. The van der Waals surface area contributed by atoms with Crippen LogP contribution in [0.3, 0.4) is 0 Å². The van der Waals surface area contributed by atoms with Crippen molar-refractivity contribution in [2.75, 3.05) is 0 Å². The van der Waals surface area contributed by atoms with Crippen LogP contribution in [0.5, 0.6) is 0 Å². The molecular weight excluding hydrogens is 396 g/mol. The highest BCUT2D eigenvalue weighted by atomic mass is 16.4. The SMILES string of the molecule is Cc1ccc(CCC(C(=O)O)n2c(-c3ccc(C(C)(C)C)cc3)nc3ccccc32)cc1. The highest BCUT2D eigenvalue weighted by Crippen LogP contribution is 2.32. The van der Waals surface area contributed by atoms with Crippen molar-refractivity contribution in [1.29, 1.82) is 0 Å². The van der Waals surface area contributed by atoms with Crippen molar-refractivity contribution < 1.29 is 9.90 Å². The van der Waals surface area contributed by atoms with Crippen LogP contribution in [0.25, 0.3) is 22.4 Å². The number of imidazole rings is 1. The van der Waals surface area contributed by atoms with Gasteiger partial charge in [0.25, 0.3) is 0 Å². The Kier molecular flexibility index (Phi) is 5.88. The summed E-state index contributed by atoms with van der Waals surface area (Å²) in [5, 5.41) is 10.2. The van der Waals surface area contributed by atoms with E-state index in [9.17, 15) is 9.90 Å². The maximum absolute atomic E-state index is 12.4. The molecule has 0 bridgehead atoms. The van der Waals surface area contributed by atoms with Crippen molar-refractivity contribution >= 4 is 17.0 Å². The van der Waals surface area contributed by atoms with Crippen molar-refractivity contribution in [3.8, 4) is 11.4 Å². The van der Waals surface area contributed by atoms with Crippen molar-refractivity contribution in [2.45, 2.75) is 52.0 Å². The monoisotopic (exact) mass is 426 g/mol. The van der Waals surface area contributed by atoms with Crippen molar-refractivity contribution in [2.24, 2.45) is 0 Å². The summed E-state index contributed by atoms with van der Waals surface area (Å²) in [6.07, 6.45) is 1.18. The van der Waals surface area contributed by atoms with Crippen LogP contribution in [0.1, 0.15) is 49.9 Å². The van der Waals surface area contributed by atoms with E-state index < -0.39 is 12.0 Å². The van der Waals surface area contributed by atoms with Crippen LogP contribution in [0, 0.1) is 6.92 Å². The van der Waals surface area contributed by atoms with Gasteiger partial charge in [0.05, 0.1) is 11.0 Å². The standard InChI is InChI=1S/C28H30N2O2/c1-19-9-11-20(12-10-19)13-18-25(27(31)32)30-24-8-6-5-7-23(24)29-26(30)21-14-16-22(17-15-21)28(2,3)4/h5-12,14-17,25H,13,18H2,1-4H3,(H,31,32). The maximum atomic E-state index is 12.4. The molecule has 0 aliphatic carbocycles. The second-order valence-electron chi connectivity index (χ2n) is 9.50. The number of rotatable bonds is 6. The summed E-state index contributed by atoms with van der Waals surface area (Å²) < 4.78 is 1.90. The second-order valence-corrected chi connectivity index (χ2v) is 9.50. The third-order valence-corrected chi connectivity index (χ3v) is 6.03. The van der Waals surface area contributed by atoms with E-state index in [0.29, 0.717) is 18.7 Å². The zero-order valence-electron chi connectivity index (χ0n) is 19.2. The summed E-state index contributed by atoms with van der Waals surface area (Å²) in [6.45, 7) is 8.60. The van der Waals surface area contributed by atoms with Crippen molar-refractivity contribution in [1.82, 2.24) is 9.55 Å². The second kappa shape index (κ2) is 8.62. The molecule has 164 valence electrons. The van der Waals surface area contributed by atoms with Gasteiger partial charge in [0.2, 0.25) is 0 Å². The first-order chi connectivity index (χ1) is 15.2. The molecule has 0 amide bonds. The van der Waals surface area contributed by atoms with E-state index in [1.165, 1.54) is 11.1 Å². The molecule has 1 heterocycles. The third-order valence-electron chi connectivity index (χ3n) is 6.03. The van der Waals surface area contributed by atoms with Gasteiger partial charge in [-0.05, 0) is 48.4 Å². The van der Waals surface area contributed by atoms with Gasteiger partial charge in [0.15, 0.2) is 0 Å². The Morgan fingerprint density at radius 2 is 1.62 bits per heavy atom. The molecule has 0 radical (unpaired) electrons. The molecule has 0 fully saturated rings. The van der Waals surface area contributed by atoms with Gasteiger partial charge < -0.3 is 9.67 Å². The molecule has 4 aromatic rings. The Morgan fingerprint density at radius 1 is 0.969 bits per heavy atom. The number of aromatic nitrogens is 2. The lowest BCUT2D eigenvalue weighted by Crippen LogP contribution is -2.21. The molecule has 0 saturated heterocycles. The van der Waals surface area contributed by atoms with Crippen LogP contribution >= 0.6 is 0 Å². The molecule has 1 aromatic heterocycles. The highest BCUT2D eigenvalue weighted by molar-refractivity contribution is 5.84. The number of aliphatic carboxylic acids is 1. The highest BCUT2D eigenvalue weighted by Gasteiger charge is 2.26. The lowest BCUT2D eigenvalue weighted by molar-refractivity contribution is -0.140. The Bertz CT molecular complexity index is 1230. The molecule has 4 heteroatoms. The Hall–Kier alpha value is -3.40. The maximum Gasteiger partial charge on any atom is 0.326 e. The van der Waals surface area contributed by atoms with E-state index in [-0.39, 0.29) is 5.41 Å². The number of para-hydroxylation sites is 2. The van der Waals surface area contributed by atoms with E-state index in [4.69, 9.17) is 4.98 Å². The fraction of sp³-hybridized carbons (Fsp3) is 0.286. The number of fused-ring (bicyclic) bond motifs is 1. The van der Waals surface area contributed by atoms with Gasteiger partial charge in [-0.15, -0.1) is 0 Å². The first-order valence-electron chi connectivity index (χ1n) is 11.1. The third kappa shape index (κ3) is 4.45. The Labute approximate surface area is 189 Å². The van der Waals surface area contributed by atoms with Crippen LogP contribution in [0.4, 0.5) is 0 Å². The number of carboxylic acids is 1. The molecule has 4 nitrogen and oxygen atoms in total. The lowest BCUT2D eigenvalue weighted by atomic mass is 9.86. The average molecular weight is 427 g/mol. The molecular formula is C28H30N2O2. The summed E-state index contributed by atoms with van der Waals surface area (Å²) in [5.41, 5.74) is 6.21. The van der Waals surface area contributed by atoms with Crippen LogP contribution in [0.2, 0.25) is 0 Å². The number of hydrogen-bond acceptors (Lipinski definition) is 2. The van der Waals surface area contributed by atoms with E-state index >= 15 is 0 Å². The molecule has 32 heavy (non-hydrogen) atoms. The molecule has 1 N–H and O–H groups in total. The minimum Gasteiger partial charge on any atom is -0.480 e. The van der Waals surface area contributed by atoms with Gasteiger partial charge in [-0.3, -0.25) is 0 Å². The van der Waals surface area contributed by atoms with Crippen LogP contribution in [-0.2, 0) is 16.6 Å². The number of carboxylic acid groups (broad SMARTS) is 1. The molecule has 1 unspecified atom stereocenters. The predicted molar refractivity (Wildman–Crippen MR) is 130 cm³/mol. The topological polar surface area (TPSA) is 55.1 Å². The number of hydrogen-bond donors (Lipinski definition) is 1. The first kappa shape index (κ1) is 21.8. The van der Waals surface area contributed by atoms with Gasteiger partial charge in [0.1, 0.15) is 11.9 Å². The first-order valence-corrected chi connectivity index (χ1v) is 11.1. The Morgan fingerprint density at radius 3 is 2.25 bits per heavy atom. The molecule has 0 aliphatic rings. The molecule has 3 aromatic carbocycles. The molecule has 0 aliphatic heterocycles. The summed E-state index contributed by atoms with van der Waals surface area (Å²) >= 11 is 0. The molecule has 4 rings (SSSR count). The van der Waals surface area contributed by atoms with Gasteiger partial charge in [0, 0.05) is 5.56 Å². The minimum absolute atomic E-state index is 0.0519. The van der Waals surface area contributed by atoms with E-state index in [0.717, 1.165) is 22.2 Å². The lowest BCUT2D eigenvalue weighted by Gasteiger charge is -2.20. The van der Waals surface area contributed by atoms with Gasteiger partial charge in [-0.2, -0.15) is 0 Å². The molecule has 0 spiro atoms. The predicted octanol–water partition coefficient (Wildman–Crippen LogP) is 6.57. The fourth-order valence-electron chi connectivity index (χ4n) is 4.10. The normalized spacial score (nSPS) is 12.8. The smallest absolute Gasteiger partial charge is 0.326 e. The zero-order chi connectivity index (χ0) is 22.9. The van der Waals surface area contributed by atoms with Crippen LogP contribution in [-0.4, -0.2) is 20.6 Å². The average Bonchev–Trinajstić information content (AvgIpc) is 3.14. The fourth-order valence-corrected chi connectivity index (χ4v) is 4.10. The summed E-state index contributed by atoms with van der Waals surface area (Å²) in [7, 11) is 0. The van der Waals surface area contributed by atoms with E-state index in [1.807, 2.05) is 28.8 Å². The van der Waals surface area contributed by atoms with Gasteiger partial charge in [-0.1, -0.05) is 87.0 Å². The Balaban J connectivity index is 1.77. The number of benzene rings is 3. The van der Waals surface area contributed by atoms with Gasteiger partial charge >= 0.3 is 5.97 Å². The minimum atomic E-state index is -0.840. The van der Waals surface area contributed by atoms with Gasteiger partial charge in [-0.25, -0.2) is 9.78 Å². The molecule has 1 atom stereocenters. The quantitative estimate of drug-likeness (QED) is 0.379. The summed E-state index contributed by atoms with van der Waals surface area (Å²) in [6, 6.07) is 23.7. The summed E-state index contributed by atoms with van der Waals surface area (Å²) in [4.78, 5) is 17.3. The molecule has 0 saturated carbocycles. The van der Waals surface area contributed by atoms with Crippen molar-refractivity contribution in [3.05, 3.63) is 89.5 Å². The van der Waals surface area contributed by atoms with E-state index in [1.54, 1.807) is 0 Å². The van der Waals surface area contributed by atoms with E-state index in [2.05, 4.69) is 76.2 Å². The van der Waals surface area contributed by atoms with Crippen LogP contribution < -0.4 is 0 Å². The number of aryl methyl sites for hydroxylation is 2. The van der Waals surface area contributed by atoms with Crippen LogP contribution in [0.15, 0.2) is 72.8 Å². The largest absolute Gasteiger partial charge is 0.480 e.